The molecule has 0 saturated heterocycles. The van der Waals surface area contributed by atoms with Gasteiger partial charge < -0.3 is 4.79 Å². The van der Waals surface area contributed by atoms with E-state index in [4.69, 9.17) is 0 Å². The Bertz CT molecular complexity index is 410. The van der Waals surface area contributed by atoms with Crippen molar-refractivity contribution in [2.24, 2.45) is 0 Å². The average molecular weight is 205 g/mol. The Hall–Kier alpha value is -1.97. The Balaban J connectivity index is 3.13. The maximum absolute atomic E-state index is 10.7. The molecule has 0 aliphatic heterocycles. The van der Waals surface area contributed by atoms with Gasteiger partial charge in [0.15, 0.2) is 0 Å². The summed E-state index contributed by atoms with van der Waals surface area (Å²) in [5.74, 6) is 0. The first-order chi connectivity index (χ1) is 7.16. The molecule has 1 rings (SSSR count). The highest BCUT2D eigenvalue weighted by Gasteiger charge is 2.11. The number of aryl methyl sites for hydroxylation is 1. The van der Waals surface area contributed by atoms with Crippen LogP contribution in [0.4, 0.5) is 5.69 Å². The predicted octanol–water partition coefficient (Wildman–Crippen LogP) is 2.51. The van der Waals surface area contributed by atoms with E-state index in [-0.39, 0.29) is 12.1 Å². The van der Waals surface area contributed by atoms with E-state index in [9.17, 15) is 14.9 Å². The molecule has 0 fully saturated rings. The van der Waals surface area contributed by atoms with Gasteiger partial charge >= 0.3 is 0 Å². The van der Waals surface area contributed by atoms with Crippen molar-refractivity contribution in [2.45, 2.75) is 13.3 Å². The lowest BCUT2D eigenvalue weighted by molar-refractivity contribution is -0.385. The van der Waals surface area contributed by atoms with E-state index in [0.29, 0.717) is 5.56 Å². The van der Waals surface area contributed by atoms with Crippen molar-refractivity contribution in [3.05, 3.63) is 45.5 Å². The van der Waals surface area contributed by atoms with Crippen LogP contribution in [0.5, 0.6) is 0 Å². The first-order valence-corrected chi connectivity index (χ1v) is 4.51. The monoisotopic (exact) mass is 205 g/mol. The van der Waals surface area contributed by atoms with Crippen LogP contribution >= 0.6 is 0 Å². The summed E-state index contributed by atoms with van der Waals surface area (Å²) >= 11 is 0. The molecule has 0 spiro atoms. The van der Waals surface area contributed by atoms with Crippen LogP contribution in [0.1, 0.15) is 17.5 Å². The first kappa shape index (κ1) is 11.1. The molecule has 4 heteroatoms. The summed E-state index contributed by atoms with van der Waals surface area (Å²) in [5.41, 5.74) is 1.45. The minimum atomic E-state index is -0.423. The fourth-order valence-corrected chi connectivity index (χ4v) is 1.28. The van der Waals surface area contributed by atoms with Crippen molar-refractivity contribution in [3.8, 4) is 0 Å². The van der Waals surface area contributed by atoms with Crippen LogP contribution in [0.25, 0.3) is 6.08 Å². The van der Waals surface area contributed by atoms with E-state index in [1.54, 1.807) is 31.2 Å². The quantitative estimate of drug-likeness (QED) is 0.431. The van der Waals surface area contributed by atoms with Crippen LogP contribution in [-0.4, -0.2) is 11.2 Å². The minimum Gasteiger partial charge on any atom is -0.303 e. The van der Waals surface area contributed by atoms with Gasteiger partial charge in [0.2, 0.25) is 0 Å². The van der Waals surface area contributed by atoms with Crippen molar-refractivity contribution in [2.75, 3.05) is 0 Å². The van der Waals surface area contributed by atoms with Crippen molar-refractivity contribution in [3.63, 3.8) is 0 Å². The summed E-state index contributed by atoms with van der Waals surface area (Å²) in [6.07, 6.45) is 4.25. The Morgan fingerprint density at radius 3 is 2.80 bits per heavy atom. The van der Waals surface area contributed by atoms with Gasteiger partial charge in [0.1, 0.15) is 6.29 Å². The van der Waals surface area contributed by atoms with Gasteiger partial charge in [0.05, 0.1) is 10.5 Å². The Labute approximate surface area is 87.4 Å². The molecule has 0 heterocycles. The summed E-state index contributed by atoms with van der Waals surface area (Å²) < 4.78 is 0. The molecule has 0 amide bonds. The number of hydrogen-bond donors (Lipinski definition) is 0. The number of rotatable bonds is 4. The summed E-state index contributed by atoms with van der Waals surface area (Å²) in [6.45, 7) is 1.80. The van der Waals surface area contributed by atoms with E-state index in [0.717, 1.165) is 11.8 Å². The van der Waals surface area contributed by atoms with Crippen molar-refractivity contribution in [1.29, 1.82) is 0 Å². The number of nitro groups is 1. The van der Waals surface area contributed by atoms with Crippen LogP contribution in [-0.2, 0) is 4.79 Å². The molecular weight excluding hydrogens is 194 g/mol. The van der Waals surface area contributed by atoms with Gasteiger partial charge in [0.25, 0.3) is 5.69 Å². The van der Waals surface area contributed by atoms with Gasteiger partial charge in [-0.3, -0.25) is 10.1 Å². The van der Waals surface area contributed by atoms with E-state index >= 15 is 0 Å². The van der Waals surface area contributed by atoms with Crippen LogP contribution < -0.4 is 0 Å². The third-order valence-electron chi connectivity index (χ3n) is 2.01. The second-order valence-electron chi connectivity index (χ2n) is 3.07. The fourth-order valence-electron chi connectivity index (χ4n) is 1.28. The second kappa shape index (κ2) is 5.05. The highest BCUT2D eigenvalue weighted by Crippen LogP contribution is 2.23. The van der Waals surface area contributed by atoms with Gasteiger partial charge in [-0.15, -0.1) is 0 Å². The zero-order chi connectivity index (χ0) is 11.3. The molecule has 1 aromatic carbocycles. The molecule has 0 aliphatic carbocycles. The van der Waals surface area contributed by atoms with Gasteiger partial charge in [-0.25, -0.2) is 0 Å². The normalized spacial score (nSPS) is 10.5. The molecule has 78 valence electrons. The number of allylic oxidation sites excluding steroid dienone is 1. The lowest BCUT2D eigenvalue weighted by Crippen LogP contribution is -1.93. The number of aldehydes is 1. The van der Waals surface area contributed by atoms with Crippen molar-refractivity contribution in [1.82, 2.24) is 0 Å². The molecule has 0 radical (unpaired) electrons. The predicted molar refractivity (Wildman–Crippen MR) is 57.5 cm³/mol. The topological polar surface area (TPSA) is 60.2 Å². The van der Waals surface area contributed by atoms with Crippen molar-refractivity contribution < 1.29 is 9.72 Å². The molecule has 0 N–H and O–H groups in total. The van der Waals surface area contributed by atoms with Gasteiger partial charge in [-0.05, 0) is 12.5 Å². The second-order valence-corrected chi connectivity index (χ2v) is 3.07. The SMILES string of the molecule is Cc1cccc([N+](=O)[O-])c1C=CCC=O. The average Bonchev–Trinajstić information content (AvgIpc) is 2.20. The Morgan fingerprint density at radius 2 is 2.20 bits per heavy atom. The first-order valence-electron chi connectivity index (χ1n) is 4.51. The molecule has 0 atom stereocenters. The molecule has 0 saturated carbocycles. The van der Waals surface area contributed by atoms with E-state index in [2.05, 4.69) is 0 Å². The fraction of sp³-hybridized carbons (Fsp3) is 0.182. The zero-order valence-electron chi connectivity index (χ0n) is 8.34. The lowest BCUT2D eigenvalue weighted by Gasteiger charge is -2.00. The number of hydrogen-bond acceptors (Lipinski definition) is 3. The molecule has 0 aliphatic rings. The van der Waals surface area contributed by atoms with Crippen molar-refractivity contribution >= 4 is 18.0 Å². The van der Waals surface area contributed by atoms with Gasteiger partial charge in [-0.2, -0.15) is 0 Å². The van der Waals surface area contributed by atoms with Gasteiger partial charge in [-0.1, -0.05) is 24.3 Å². The number of nitro benzene ring substituents is 1. The van der Waals surface area contributed by atoms with E-state index in [1.165, 1.54) is 6.07 Å². The molecule has 0 unspecified atom stereocenters. The van der Waals surface area contributed by atoms with Crippen LogP contribution in [0, 0.1) is 17.0 Å². The van der Waals surface area contributed by atoms with Gasteiger partial charge in [0, 0.05) is 12.5 Å². The summed E-state index contributed by atoms with van der Waals surface area (Å²) in [5, 5.41) is 10.7. The maximum atomic E-state index is 10.7. The zero-order valence-corrected chi connectivity index (χ0v) is 8.34. The molecule has 1 aromatic rings. The summed E-state index contributed by atoms with van der Waals surface area (Å²) in [7, 11) is 0. The largest absolute Gasteiger partial charge is 0.303 e. The summed E-state index contributed by atoms with van der Waals surface area (Å²) in [4.78, 5) is 20.4. The number of carbonyl (C=O) groups is 1. The Kier molecular flexibility index (Phi) is 3.74. The van der Waals surface area contributed by atoms with E-state index < -0.39 is 4.92 Å². The molecule has 4 nitrogen and oxygen atoms in total. The van der Waals surface area contributed by atoms with Crippen LogP contribution in [0.3, 0.4) is 0 Å². The molecular formula is C11H11NO3. The molecule has 0 aromatic heterocycles. The molecule has 15 heavy (non-hydrogen) atoms. The summed E-state index contributed by atoms with van der Waals surface area (Å²) in [6, 6.07) is 4.89. The minimum absolute atomic E-state index is 0.0668. The number of benzene rings is 1. The smallest absolute Gasteiger partial charge is 0.276 e. The molecule has 0 bridgehead atoms. The number of carbonyl (C=O) groups excluding carboxylic acids is 1. The third kappa shape index (κ3) is 2.74. The standard InChI is InChI=1S/C11H11NO3/c1-9-5-4-7-11(12(14)15)10(9)6-2-3-8-13/h2,4-8H,3H2,1H3. The third-order valence-corrected chi connectivity index (χ3v) is 2.01. The van der Waals surface area contributed by atoms with Crippen LogP contribution in [0.15, 0.2) is 24.3 Å². The maximum Gasteiger partial charge on any atom is 0.276 e. The highest BCUT2D eigenvalue weighted by molar-refractivity contribution is 5.66. The number of nitrogens with zero attached hydrogens (tertiary/aromatic N) is 1. The lowest BCUT2D eigenvalue weighted by atomic mass is 10.1. The highest BCUT2D eigenvalue weighted by atomic mass is 16.6. The van der Waals surface area contributed by atoms with Crippen LogP contribution in [0.2, 0.25) is 0 Å². The van der Waals surface area contributed by atoms with E-state index in [1.807, 2.05) is 0 Å². The Morgan fingerprint density at radius 1 is 1.47 bits per heavy atom.